The first-order chi connectivity index (χ1) is 8.73. The van der Waals surface area contributed by atoms with Crippen molar-refractivity contribution in [3.05, 3.63) is 28.2 Å². The fourth-order valence-electron chi connectivity index (χ4n) is 2.85. The lowest BCUT2D eigenvalue weighted by atomic mass is 10.0. The van der Waals surface area contributed by atoms with Gasteiger partial charge >= 0.3 is 0 Å². The minimum absolute atomic E-state index is 0.672. The van der Waals surface area contributed by atoms with E-state index in [4.69, 9.17) is 4.74 Å². The minimum Gasteiger partial charge on any atom is -0.497 e. The molecule has 3 rings (SSSR count). The lowest BCUT2D eigenvalue weighted by Crippen LogP contribution is -2.25. The number of ether oxygens (including phenoxy) is 1. The predicted molar refractivity (Wildman–Crippen MR) is 76.8 cm³/mol. The Morgan fingerprint density at radius 3 is 2.78 bits per heavy atom. The van der Waals surface area contributed by atoms with E-state index < -0.39 is 0 Å². The molecule has 0 amide bonds. The SMILES string of the molecule is COc1ccc(Br)c(CNCC2(C3CC3)CC2)c1. The van der Waals surface area contributed by atoms with Gasteiger partial charge < -0.3 is 10.1 Å². The monoisotopic (exact) mass is 309 g/mol. The van der Waals surface area contributed by atoms with Crippen molar-refractivity contribution in [1.82, 2.24) is 5.32 Å². The molecule has 18 heavy (non-hydrogen) atoms. The Kier molecular flexibility index (Phi) is 3.37. The maximum atomic E-state index is 5.27. The summed E-state index contributed by atoms with van der Waals surface area (Å²) >= 11 is 3.60. The van der Waals surface area contributed by atoms with E-state index in [-0.39, 0.29) is 0 Å². The summed E-state index contributed by atoms with van der Waals surface area (Å²) in [4.78, 5) is 0. The third-order valence-corrected chi connectivity index (χ3v) is 5.15. The average Bonchev–Trinajstić information content (AvgIpc) is 3.25. The molecule has 1 aromatic carbocycles. The topological polar surface area (TPSA) is 21.3 Å². The zero-order valence-corrected chi connectivity index (χ0v) is 12.4. The lowest BCUT2D eigenvalue weighted by Gasteiger charge is -2.15. The Hall–Kier alpha value is -0.540. The smallest absolute Gasteiger partial charge is 0.119 e. The molecule has 2 aliphatic rings. The van der Waals surface area contributed by atoms with Crippen LogP contribution >= 0.6 is 15.9 Å². The normalized spacial score (nSPS) is 20.8. The summed E-state index contributed by atoms with van der Waals surface area (Å²) in [5, 5.41) is 3.63. The minimum atomic E-state index is 0.672. The number of rotatable bonds is 6. The summed E-state index contributed by atoms with van der Waals surface area (Å²) in [7, 11) is 1.72. The molecule has 0 heterocycles. The number of methoxy groups -OCH3 is 1. The van der Waals surface area contributed by atoms with Gasteiger partial charge in [-0.1, -0.05) is 15.9 Å². The Bertz CT molecular complexity index is 438. The van der Waals surface area contributed by atoms with Crippen LogP contribution in [0.25, 0.3) is 0 Å². The molecule has 0 aromatic heterocycles. The first kappa shape index (κ1) is 12.5. The Balaban J connectivity index is 1.56. The van der Waals surface area contributed by atoms with Crippen LogP contribution < -0.4 is 10.1 Å². The second kappa shape index (κ2) is 4.86. The van der Waals surface area contributed by atoms with Gasteiger partial charge in [0.25, 0.3) is 0 Å². The highest BCUT2D eigenvalue weighted by molar-refractivity contribution is 9.10. The third kappa shape index (κ3) is 2.57. The molecule has 2 aliphatic carbocycles. The van der Waals surface area contributed by atoms with E-state index in [0.717, 1.165) is 22.7 Å². The molecule has 1 N–H and O–H groups in total. The molecule has 0 saturated heterocycles. The van der Waals surface area contributed by atoms with Crippen LogP contribution in [0.5, 0.6) is 5.75 Å². The second-order valence-corrected chi connectivity index (χ2v) is 6.55. The summed E-state index contributed by atoms with van der Waals surface area (Å²) in [6.45, 7) is 2.10. The zero-order chi connectivity index (χ0) is 12.6. The molecule has 2 fully saturated rings. The van der Waals surface area contributed by atoms with Crippen molar-refractivity contribution in [2.24, 2.45) is 11.3 Å². The molecule has 0 bridgehead atoms. The van der Waals surface area contributed by atoms with E-state index >= 15 is 0 Å². The van der Waals surface area contributed by atoms with Crippen LogP contribution in [0.4, 0.5) is 0 Å². The first-order valence-electron chi connectivity index (χ1n) is 6.77. The van der Waals surface area contributed by atoms with Crippen LogP contribution in [0.2, 0.25) is 0 Å². The van der Waals surface area contributed by atoms with E-state index in [1.54, 1.807) is 7.11 Å². The van der Waals surface area contributed by atoms with Gasteiger partial charge in [-0.15, -0.1) is 0 Å². The molecule has 2 saturated carbocycles. The highest BCUT2D eigenvalue weighted by atomic mass is 79.9. The van der Waals surface area contributed by atoms with Gasteiger partial charge in [0, 0.05) is 17.6 Å². The molecular weight excluding hydrogens is 290 g/mol. The van der Waals surface area contributed by atoms with E-state index in [2.05, 4.69) is 33.4 Å². The average molecular weight is 310 g/mol. The van der Waals surface area contributed by atoms with E-state index in [0.29, 0.717) is 5.41 Å². The van der Waals surface area contributed by atoms with Crippen molar-refractivity contribution >= 4 is 15.9 Å². The standard InChI is InChI=1S/C15H20BrNO/c1-18-13-4-5-14(16)11(8-13)9-17-10-15(6-7-15)12-2-3-12/h4-5,8,12,17H,2-3,6-7,9-10H2,1H3. The van der Waals surface area contributed by atoms with Gasteiger partial charge in [-0.3, -0.25) is 0 Å². The summed E-state index contributed by atoms with van der Waals surface area (Å²) in [6, 6.07) is 6.15. The van der Waals surface area contributed by atoms with Crippen molar-refractivity contribution < 1.29 is 4.74 Å². The van der Waals surface area contributed by atoms with Crippen LogP contribution in [0.3, 0.4) is 0 Å². The Morgan fingerprint density at radius 2 is 2.17 bits per heavy atom. The molecule has 2 nitrogen and oxygen atoms in total. The molecule has 0 spiro atoms. The highest BCUT2D eigenvalue weighted by Crippen LogP contribution is 2.60. The zero-order valence-electron chi connectivity index (χ0n) is 10.8. The molecular formula is C15H20BrNO. The molecule has 3 heteroatoms. The van der Waals surface area contributed by atoms with Crippen molar-refractivity contribution in [3.63, 3.8) is 0 Å². The van der Waals surface area contributed by atoms with Gasteiger partial charge in [0.15, 0.2) is 0 Å². The maximum Gasteiger partial charge on any atom is 0.119 e. The number of halogens is 1. The van der Waals surface area contributed by atoms with Gasteiger partial charge in [0.2, 0.25) is 0 Å². The van der Waals surface area contributed by atoms with Gasteiger partial charge in [-0.2, -0.15) is 0 Å². The van der Waals surface area contributed by atoms with Gasteiger partial charge in [-0.25, -0.2) is 0 Å². The van der Waals surface area contributed by atoms with Crippen LogP contribution in [-0.2, 0) is 6.54 Å². The van der Waals surface area contributed by atoms with E-state index in [9.17, 15) is 0 Å². The number of nitrogens with one attached hydrogen (secondary N) is 1. The Labute approximate surface area is 117 Å². The number of hydrogen-bond acceptors (Lipinski definition) is 2. The predicted octanol–water partition coefficient (Wildman–Crippen LogP) is 3.74. The van der Waals surface area contributed by atoms with Crippen molar-refractivity contribution in [2.45, 2.75) is 32.2 Å². The van der Waals surface area contributed by atoms with Crippen LogP contribution in [0.15, 0.2) is 22.7 Å². The van der Waals surface area contributed by atoms with Crippen molar-refractivity contribution in [3.8, 4) is 5.75 Å². The number of benzene rings is 1. The van der Waals surface area contributed by atoms with E-state index in [1.807, 2.05) is 6.07 Å². The quantitative estimate of drug-likeness (QED) is 0.864. The van der Waals surface area contributed by atoms with Crippen molar-refractivity contribution in [1.29, 1.82) is 0 Å². The number of hydrogen-bond donors (Lipinski definition) is 1. The van der Waals surface area contributed by atoms with Gasteiger partial charge in [0.1, 0.15) is 5.75 Å². The maximum absolute atomic E-state index is 5.27. The van der Waals surface area contributed by atoms with Crippen molar-refractivity contribution in [2.75, 3.05) is 13.7 Å². The first-order valence-corrected chi connectivity index (χ1v) is 7.56. The fourth-order valence-corrected chi connectivity index (χ4v) is 3.23. The lowest BCUT2D eigenvalue weighted by molar-refractivity contribution is 0.401. The second-order valence-electron chi connectivity index (χ2n) is 5.70. The molecule has 0 atom stereocenters. The van der Waals surface area contributed by atoms with Crippen LogP contribution in [-0.4, -0.2) is 13.7 Å². The summed E-state index contributed by atoms with van der Waals surface area (Å²) < 4.78 is 6.43. The fraction of sp³-hybridized carbons (Fsp3) is 0.600. The molecule has 0 aliphatic heterocycles. The summed E-state index contributed by atoms with van der Waals surface area (Å²) in [5.41, 5.74) is 1.95. The third-order valence-electron chi connectivity index (χ3n) is 4.38. The highest BCUT2D eigenvalue weighted by Gasteiger charge is 2.53. The van der Waals surface area contributed by atoms with Gasteiger partial charge in [-0.05, 0) is 60.8 Å². The van der Waals surface area contributed by atoms with E-state index in [1.165, 1.54) is 37.8 Å². The molecule has 0 radical (unpaired) electrons. The van der Waals surface area contributed by atoms with Crippen LogP contribution in [0.1, 0.15) is 31.2 Å². The molecule has 0 unspecified atom stereocenters. The molecule has 98 valence electrons. The largest absolute Gasteiger partial charge is 0.497 e. The Morgan fingerprint density at radius 1 is 1.39 bits per heavy atom. The molecule has 1 aromatic rings. The summed E-state index contributed by atoms with van der Waals surface area (Å²) in [6.07, 6.45) is 5.79. The summed E-state index contributed by atoms with van der Waals surface area (Å²) in [5.74, 6) is 1.96. The van der Waals surface area contributed by atoms with Crippen LogP contribution in [0, 0.1) is 11.3 Å². The van der Waals surface area contributed by atoms with Gasteiger partial charge in [0.05, 0.1) is 7.11 Å².